The summed E-state index contributed by atoms with van der Waals surface area (Å²) in [7, 11) is 0. The van der Waals surface area contributed by atoms with Crippen LogP contribution >= 0.6 is 11.3 Å². The van der Waals surface area contributed by atoms with Crippen LogP contribution < -0.4 is 5.32 Å². The molecule has 0 spiro atoms. The standard InChI is InChI=1S/C11H19N3OS/c1-3-12-6-4-9-13-14-11(16-9)10-8(2)5-7-15-10/h8,10,12H,3-7H2,1-2H3. The van der Waals surface area contributed by atoms with Crippen LogP contribution in [-0.2, 0) is 11.2 Å². The van der Waals surface area contributed by atoms with Crippen molar-refractivity contribution in [3.8, 4) is 0 Å². The van der Waals surface area contributed by atoms with Gasteiger partial charge in [-0.1, -0.05) is 25.2 Å². The van der Waals surface area contributed by atoms with E-state index in [-0.39, 0.29) is 6.10 Å². The molecule has 0 radical (unpaired) electrons. The van der Waals surface area contributed by atoms with E-state index in [1.165, 1.54) is 0 Å². The molecule has 1 N–H and O–H groups in total. The van der Waals surface area contributed by atoms with Gasteiger partial charge in [-0.2, -0.15) is 0 Å². The summed E-state index contributed by atoms with van der Waals surface area (Å²) >= 11 is 1.70. The summed E-state index contributed by atoms with van der Waals surface area (Å²) < 4.78 is 5.68. The average Bonchev–Trinajstić information content (AvgIpc) is 2.87. The van der Waals surface area contributed by atoms with Gasteiger partial charge in [0.15, 0.2) is 0 Å². The van der Waals surface area contributed by atoms with Crippen molar-refractivity contribution >= 4 is 11.3 Å². The molecule has 0 aromatic carbocycles. The molecule has 1 aliphatic rings. The molecule has 0 saturated carbocycles. The van der Waals surface area contributed by atoms with Gasteiger partial charge in [0.1, 0.15) is 16.1 Å². The quantitative estimate of drug-likeness (QED) is 0.798. The number of hydrogen-bond acceptors (Lipinski definition) is 5. The first-order chi connectivity index (χ1) is 7.81. The number of likely N-dealkylation sites (N-methyl/N-ethyl adjacent to an activating group) is 1. The molecule has 2 unspecified atom stereocenters. The Hall–Kier alpha value is -0.520. The number of nitrogens with one attached hydrogen (secondary N) is 1. The number of ether oxygens (including phenoxy) is 1. The Kier molecular flexibility index (Phi) is 4.26. The van der Waals surface area contributed by atoms with Gasteiger partial charge in [-0.3, -0.25) is 0 Å². The number of aromatic nitrogens is 2. The SMILES string of the molecule is CCNCCc1nnc(C2OCCC2C)s1. The molecule has 2 rings (SSSR count). The number of nitrogens with zero attached hydrogens (tertiary/aromatic N) is 2. The maximum Gasteiger partial charge on any atom is 0.146 e. The monoisotopic (exact) mass is 241 g/mol. The second-order valence-electron chi connectivity index (χ2n) is 4.19. The molecule has 1 saturated heterocycles. The molecule has 2 heterocycles. The minimum absolute atomic E-state index is 0.186. The van der Waals surface area contributed by atoms with Crippen LogP contribution in [0.3, 0.4) is 0 Å². The molecule has 4 nitrogen and oxygen atoms in total. The molecular formula is C11H19N3OS. The number of hydrogen-bond donors (Lipinski definition) is 1. The van der Waals surface area contributed by atoms with Crippen LogP contribution in [0.15, 0.2) is 0 Å². The third-order valence-corrected chi connectivity index (χ3v) is 3.92. The van der Waals surface area contributed by atoms with Gasteiger partial charge in [-0.15, -0.1) is 10.2 Å². The molecular weight excluding hydrogens is 222 g/mol. The van der Waals surface area contributed by atoms with Crippen LogP contribution in [0.2, 0.25) is 0 Å². The molecule has 5 heteroatoms. The summed E-state index contributed by atoms with van der Waals surface area (Å²) in [6.45, 7) is 7.18. The average molecular weight is 241 g/mol. The zero-order valence-corrected chi connectivity index (χ0v) is 10.7. The lowest BCUT2D eigenvalue weighted by atomic mass is 10.1. The molecule has 0 amide bonds. The van der Waals surface area contributed by atoms with Gasteiger partial charge in [-0.05, 0) is 18.9 Å². The van der Waals surface area contributed by atoms with E-state index in [0.717, 1.165) is 42.6 Å². The van der Waals surface area contributed by atoms with Gasteiger partial charge in [0.25, 0.3) is 0 Å². The molecule has 1 fully saturated rings. The largest absolute Gasteiger partial charge is 0.371 e. The highest BCUT2D eigenvalue weighted by Gasteiger charge is 2.28. The third-order valence-electron chi connectivity index (χ3n) is 2.88. The van der Waals surface area contributed by atoms with Crippen LogP contribution in [0, 0.1) is 5.92 Å². The van der Waals surface area contributed by atoms with Gasteiger partial charge in [0.05, 0.1) is 0 Å². The predicted octanol–water partition coefficient (Wildman–Crippen LogP) is 1.79. The van der Waals surface area contributed by atoms with E-state index in [1.807, 2.05) is 0 Å². The lowest BCUT2D eigenvalue weighted by Crippen LogP contribution is -2.15. The van der Waals surface area contributed by atoms with Crippen molar-refractivity contribution in [3.63, 3.8) is 0 Å². The minimum atomic E-state index is 0.186. The van der Waals surface area contributed by atoms with Crippen molar-refractivity contribution in [1.82, 2.24) is 15.5 Å². The maximum atomic E-state index is 5.68. The summed E-state index contributed by atoms with van der Waals surface area (Å²) in [5.74, 6) is 0.578. The fraction of sp³-hybridized carbons (Fsp3) is 0.818. The first-order valence-electron chi connectivity index (χ1n) is 5.96. The van der Waals surface area contributed by atoms with E-state index in [1.54, 1.807) is 11.3 Å². The molecule has 2 atom stereocenters. The fourth-order valence-corrected chi connectivity index (χ4v) is 2.89. The molecule has 1 aromatic rings. The lowest BCUT2D eigenvalue weighted by molar-refractivity contribution is 0.0937. The predicted molar refractivity (Wildman–Crippen MR) is 64.6 cm³/mol. The van der Waals surface area contributed by atoms with Crippen molar-refractivity contribution in [2.75, 3.05) is 19.7 Å². The molecule has 0 bridgehead atoms. The van der Waals surface area contributed by atoms with Crippen LogP contribution in [0.25, 0.3) is 0 Å². The van der Waals surface area contributed by atoms with Gasteiger partial charge < -0.3 is 10.1 Å². The Balaban J connectivity index is 1.91. The van der Waals surface area contributed by atoms with Crippen LogP contribution in [0.4, 0.5) is 0 Å². The van der Waals surface area contributed by atoms with Crippen molar-refractivity contribution in [2.24, 2.45) is 5.92 Å². The van der Waals surface area contributed by atoms with E-state index < -0.39 is 0 Å². The maximum absolute atomic E-state index is 5.68. The Morgan fingerprint density at radius 1 is 1.50 bits per heavy atom. The fourth-order valence-electron chi connectivity index (χ4n) is 1.87. The molecule has 0 aliphatic carbocycles. The van der Waals surface area contributed by atoms with E-state index in [0.29, 0.717) is 5.92 Å². The van der Waals surface area contributed by atoms with Crippen molar-refractivity contribution in [3.05, 3.63) is 10.0 Å². The Bertz CT molecular complexity index is 329. The first-order valence-corrected chi connectivity index (χ1v) is 6.77. The summed E-state index contributed by atoms with van der Waals surface area (Å²) in [5.41, 5.74) is 0. The van der Waals surface area contributed by atoms with Crippen molar-refractivity contribution in [1.29, 1.82) is 0 Å². The van der Waals surface area contributed by atoms with Gasteiger partial charge in [0.2, 0.25) is 0 Å². The summed E-state index contributed by atoms with van der Waals surface area (Å²) in [6, 6.07) is 0. The Morgan fingerprint density at radius 3 is 3.06 bits per heavy atom. The second kappa shape index (κ2) is 5.70. The normalized spacial score (nSPS) is 25.1. The molecule has 90 valence electrons. The van der Waals surface area contributed by atoms with E-state index >= 15 is 0 Å². The Morgan fingerprint density at radius 2 is 2.38 bits per heavy atom. The van der Waals surface area contributed by atoms with Crippen LogP contribution in [0.1, 0.15) is 36.4 Å². The van der Waals surface area contributed by atoms with Crippen molar-refractivity contribution < 1.29 is 4.74 Å². The summed E-state index contributed by atoms with van der Waals surface area (Å²) in [4.78, 5) is 0. The second-order valence-corrected chi connectivity index (χ2v) is 5.29. The highest BCUT2D eigenvalue weighted by Crippen LogP contribution is 2.35. The van der Waals surface area contributed by atoms with Gasteiger partial charge in [0, 0.05) is 19.6 Å². The number of rotatable bonds is 5. The third kappa shape index (κ3) is 2.78. The zero-order chi connectivity index (χ0) is 11.4. The molecule has 1 aromatic heterocycles. The topological polar surface area (TPSA) is 47.0 Å². The molecule has 16 heavy (non-hydrogen) atoms. The van der Waals surface area contributed by atoms with E-state index in [2.05, 4.69) is 29.4 Å². The first kappa shape index (κ1) is 12.0. The van der Waals surface area contributed by atoms with E-state index in [4.69, 9.17) is 4.74 Å². The minimum Gasteiger partial charge on any atom is -0.371 e. The highest BCUT2D eigenvalue weighted by atomic mass is 32.1. The zero-order valence-electron chi connectivity index (χ0n) is 9.90. The van der Waals surface area contributed by atoms with Crippen LogP contribution in [0.5, 0.6) is 0 Å². The highest BCUT2D eigenvalue weighted by molar-refractivity contribution is 7.11. The van der Waals surface area contributed by atoms with Gasteiger partial charge >= 0.3 is 0 Å². The smallest absolute Gasteiger partial charge is 0.146 e. The summed E-state index contributed by atoms with van der Waals surface area (Å²) in [5, 5.41) is 13.9. The Labute approximate surface area is 100 Å². The molecule has 1 aliphatic heterocycles. The van der Waals surface area contributed by atoms with Crippen LogP contribution in [-0.4, -0.2) is 29.9 Å². The van der Waals surface area contributed by atoms with E-state index in [9.17, 15) is 0 Å². The summed E-state index contributed by atoms with van der Waals surface area (Å²) in [6.07, 6.45) is 2.29. The lowest BCUT2D eigenvalue weighted by Gasteiger charge is -2.09. The van der Waals surface area contributed by atoms with Crippen molar-refractivity contribution in [2.45, 2.75) is 32.8 Å². The van der Waals surface area contributed by atoms with Gasteiger partial charge in [-0.25, -0.2) is 0 Å².